The number of halogens is 3. The van der Waals surface area contributed by atoms with Gasteiger partial charge in [-0.25, -0.2) is 0 Å². The topological polar surface area (TPSA) is 58.4 Å². The van der Waals surface area contributed by atoms with Gasteiger partial charge < -0.3 is 16.0 Å². The molecule has 1 aliphatic heterocycles. The number of hydrogen-bond donors (Lipinski definition) is 2. The molecule has 1 unspecified atom stereocenters. The molecule has 1 amide bonds. The second kappa shape index (κ2) is 5.83. The molecule has 0 spiro atoms. The zero-order chi connectivity index (χ0) is 15.6. The summed E-state index contributed by atoms with van der Waals surface area (Å²) in [5, 5.41) is 2.59. The highest BCUT2D eigenvalue weighted by Gasteiger charge is 2.34. The third-order valence-corrected chi connectivity index (χ3v) is 3.75. The van der Waals surface area contributed by atoms with Crippen LogP contribution in [0.4, 0.5) is 24.5 Å². The van der Waals surface area contributed by atoms with Crippen LogP contribution in [-0.2, 0) is 11.0 Å². The molecule has 1 aliphatic rings. The van der Waals surface area contributed by atoms with Crippen molar-refractivity contribution in [3.8, 4) is 0 Å². The van der Waals surface area contributed by atoms with Gasteiger partial charge in [-0.15, -0.1) is 0 Å². The summed E-state index contributed by atoms with van der Waals surface area (Å²) in [5.41, 5.74) is 4.73. The zero-order valence-corrected chi connectivity index (χ0v) is 11.7. The van der Waals surface area contributed by atoms with Crippen molar-refractivity contribution < 1.29 is 18.0 Å². The highest BCUT2D eigenvalue weighted by Crippen LogP contribution is 2.36. The van der Waals surface area contributed by atoms with Crippen molar-refractivity contribution >= 4 is 17.3 Å². The van der Waals surface area contributed by atoms with Gasteiger partial charge in [-0.1, -0.05) is 0 Å². The molecule has 0 bridgehead atoms. The molecule has 1 aromatic rings. The van der Waals surface area contributed by atoms with Crippen molar-refractivity contribution in [2.75, 3.05) is 30.8 Å². The number of nitrogens with zero attached hydrogens (tertiary/aromatic N) is 1. The van der Waals surface area contributed by atoms with Crippen LogP contribution in [0.5, 0.6) is 0 Å². The third-order valence-electron chi connectivity index (χ3n) is 3.75. The Kier molecular flexibility index (Phi) is 4.29. The Balaban J connectivity index is 2.24. The lowest BCUT2D eigenvalue weighted by Gasteiger charge is -2.34. The van der Waals surface area contributed by atoms with Gasteiger partial charge >= 0.3 is 6.18 Å². The minimum absolute atomic E-state index is 0.0776. The minimum atomic E-state index is -4.48. The summed E-state index contributed by atoms with van der Waals surface area (Å²) in [6.45, 7) is 1.05. The second-order valence-electron chi connectivity index (χ2n) is 5.17. The van der Waals surface area contributed by atoms with Crippen LogP contribution in [-0.4, -0.2) is 26.0 Å². The Morgan fingerprint density at radius 3 is 2.76 bits per heavy atom. The molecule has 1 aromatic carbocycles. The number of piperidine rings is 1. The summed E-state index contributed by atoms with van der Waals surface area (Å²) >= 11 is 0. The first kappa shape index (κ1) is 15.5. The summed E-state index contributed by atoms with van der Waals surface area (Å²) in [4.78, 5) is 13.5. The first-order valence-electron chi connectivity index (χ1n) is 6.76. The fourth-order valence-corrected chi connectivity index (χ4v) is 2.62. The summed E-state index contributed by atoms with van der Waals surface area (Å²) in [6.07, 6.45) is -2.96. The van der Waals surface area contributed by atoms with Crippen molar-refractivity contribution in [1.82, 2.24) is 5.32 Å². The monoisotopic (exact) mass is 301 g/mol. The van der Waals surface area contributed by atoms with Gasteiger partial charge in [0.25, 0.3) is 0 Å². The van der Waals surface area contributed by atoms with Gasteiger partial charge in [-0.3, -0.25) is 4.79 Å². The van der Waals surface area contributed by atoms with Crippen LogP contribution in [0.15, 0.2) is 18.2 Å². The van der Waals surface area contributed by atoms with E-state index in [1.165, 1.54) is 6.07 Å². The van der Waals surface area contributed by atoms with Gasteiger partial charge in [-0.05, 0) is 31.0 Å². The maximum atomic E-state index is 12.9. The van der Waals surface area contributed by atoms with E-state index in [1.54, 1.807) is 18.0 Å². The van der Waals surface area contributed by atoms with Crippen LogP contribution >= 0.6 is 0 Å². The van der Waals surface area contributed by atoms with Crippen LogP contribution in [0.2, 0.25) is 0 Å². The molecule has 0 saturated carbocycles. The number of hydrogen-bond acceptors (Lipinski definition) is 3. The molecule has 4 nitrogen and oxygen atoms in total. The van der Waals surface area contributed by atoms with Crippen LogP contribution in [0, 0.1) is 5.92 Å². The molecule has 1 fully saturated rings. The average molecular weight is 301 g/mol. The number of carbonyl (C=O) groups is 1. The summed E-state index contributed by atoms with van der Waals surface area (Å²) < 4.78 is 38.7. The Hall–Kier alpha value is -1.92. The SMILES string of the molecule is CNC(=O)C1CCCN(c2ccc(N)c(C(F)(F)F)c2)C1. The van der Waals surface area contributed by atoms with Crippen molar-refractivity contribution in [3.63, 3.8) is 0 Å². The summed E-state index contributed by atoms with van der Waals surface area (Å²) in [6, 6.07) is 3.89. The lowest BCUT2D eigenvalue weighted by Crippen LogP contribution is -2.42. The van der Waals surface area contributed by atoms with Crippen molar-refractivity contribution in [2.24, 2.45) is 5.92 Å². The quantitative estimate of drug-likeness (QED) is 0.824. The molecular formula is C14H18F3N3O. The summed E-state index contributed by atoms with van der Waals surface area (Å²) in [5.74, 6) is -0.276. The van der Waals surface area contributed by atoms with E-state index in [9.17, 15) is 18.0 Å². The van der Waals surface area contributed by atoms with Gasteiger partial charge in [0.15, 0.2) is 0 Å². The predicted octanol–water partition coefficient (Wildman–Crippen LogP) is 2.25. The molecule has 3 N–H and O–H groups in total. The molecule has 2 rings (SSSR count). The van der Waals surface area contributed by atoms with E-state index in [4.69, 9.17) is 5.73 Å². The number of rotatable bonds is 2. The maximum Gasteiger partial charge on any atom is 0.418 e. The smallest absolute Gasteiger partial charge is 0.398 e. The van der Waals surface area contributed by atoms with Gasteiger partial charge in [0.2, 0.25) is 5.91 Å². The fourth-order valence-electron chi connectivity index (χ4n) is 2.62. The number of carbonyl (C=O) groups excluding carboxylic acids is 1. The summed E-state index contributed by atoms with van der Waals surface area (Å²) in [7, 11) is 1.56. The largest absolute Gasteiger partial charge is 0.418 e. The fraction of sp³-hybridized carbons (Fsp3) is 0.500. The number of nitrogen functional groups attached to an aromatic ring is 1. The molecule has 21 heavy (non-hydrogen) atoms. The lowest BCUT2D eigenvalue weighted by molar-refractivity contribution is -0.137. The van der Waals surface area contributed by atoms with Crippen LogP contribution in [0.1, 0.15) is 18.4 Å². The molecule has 7 heteroatoms. The minimum Gasteiger partial charge on any atom is -0.398 e. The standard InChI is InChI=1S/C14H18F3N3O/c1-19-13(21)9-3-2-6-20(8-9)10-4-5-12(18)11(7-10)14(15,16)17/h4-5,7,9H,2-3,6,8,18H2,1H3,(H,19,21). The first-order chi connectivity index (χ1) is 9.82. The average Bonchev–Trinajstić information content (AvgIpc) is 2.46. The zero-order valence-electron chi connectivity index (χ0n) is 11.7. The highest BCUT2D eigenvalue weighted by atomic mass is 19.4. The van der Waals surface area contributed by atoms with Crippen LogP contribution in [0.25, 0.3) is 0 Å². The first-order valence-corrected chi connectivity index (χ1v) is 6.76. The van der Waals surface area contributed by atoms with Crippen LogP contribution < -0.4 is 16.0 Å². The maximum absolute atomic E-state index is 12.9. The number of benzene rings is 1. The number of amides is 1. The van der Waals surface area contributed by atoms with E-state index in [0.717, 1.165) is 18.9 Å². The van der Waals surface area contributed by atoms with E-state index in [-0.39, 0.29) is 17.5 Å². The molecule has 1 saturated heterocycles. The normalized spacial score (nSPS) is 19.4. The molecular weight excluding hydrogens is 283 g/mol. The Bertz CT molecular complexity index is 531. The third kappa shape index (κ3) is 3.40. The molecule has 0 aliphatic carbocycles. The Morgan fingerprint density at radius 2 is 2.14 bits per heavy atom. The van der Waals surface area contributed by atoms with Gasteiger partial charge in [0, 0.05) is 31.5 Å². The molecule has 1 atom stereocenters. The van der Waals surface area contributed by atoms with Crippen molar-refractivity contribution in [3.05, 3.63) is 23.8 Å². The van der Waals surface area contributed by atoms with Gasteiger partial charge in [-0.2, -0.15) is 13.2 Å². The van der Waals surface area contributed by atoms with Crippen LogP contribution in [0.3, 0.4) is 0 Å². The van der Waals surface area contributed by atoms with E-state index < -0.39 is 11.7 Å². The number of alkyl halides is 3. The van der Waals surface area contributed by atoms with E-state index in [1.807, 2.05) is 0 Å². The van der Waals surface area contributed by atoms with E-state index in [0.29, 0.717) is 18.8 Å². The Morgan fingerprint density at radius 1 is 1.43 bits per heavy atom. The molecule has 1 heterocycles. The number of nitrogens with two attached hydrogens (primary N) is 1. The Labute approximate surface area is 121 Å². The lowest BCUT2D eigenvalue weighted by atomic mass is 9.96. The van der Waals surface area contributed by atoms with E-state index in [2.05, 4.69) is 5.32 Å². The molecule has 0 radical (unpaired) electrons. The van der Waals surface area contributed by atoms with Crippen molar-refractivity contribution in [2.45, 2.75) is 19.0 Å². The second-order valence-corrected chi connectivity index (χ2v) is 5.17. The van der Waals surface area contributed by atoms with Crippen molar-refractivity contribution in [1.29, 1.82) is 0 Å². The predicted molar refractivity (Wildman–Crippen MR) is 74.9 cm³/mol. The van der Waals surface area contributed by atoms with E-state index >= 15 is 0 Å². The molecule has 116 valence electrons. The number of nitrogens with one attached hydrogen (secondary N) is 1. The highest BCUT2D eigenvalue weighted by molar-refractivity contribution is 5.79. The number of anilines is 2. The molecule has 0 aromatic heterocycles. The van der Waals surface area contributed by atoms with Gasteiger partial charge in [0.1, 0.15) is 0 Å². The van der Waals surface area contributed by atoms with Gasteiger partial charge in [0.05, 0.1) is 11.5 Å².